The summed E-state index contributed by atoms with van der Waals surface area (Å²) in [7, 11) is 0. The number of likely N-dealkylation sites (tertiary alicyclic amines) is 1. The molecule has 1 amide bonds. The molecule has 5 heteroatoms. The molecule has 0 spiro atoms. The minimum absolute atomic E-state index is 0.343. The van der Waals surface area contributed by atoms with Crippen molar-refractivity contribution >= 4 is 11.8 Å². The lowest BCUT2D eigenvalue weighted by molar-refractivity contribution is -0.133. The van der Waals surface area contributed by atoms with Crippen molar-refractivity contribution in [3.63, 3.8) is 0 Å². The molecule has 0 bridgehead atoms. The van der Waals surface area contributed by atoms with Gasteiger partial charge in [0.1, 0.15) is 0 Å². The van der Waals surface area contributed by atoms with Gasteiger partial charge in [-0.25, -0.2) is 0 Å². The topological polar surface area (TPSA) is 72.4 Å². The molecule has 2 fully saturated rings. The predicted molar refractivity (Wildman–Crippen MR) is 76.0 cm³/mol. The number of hydrogen-bond acceptors (Lipinski definition) is 4. The van der Waals surface area contributed by atoms with Crippen LogP contribution in [0, 0.1) is 5.92 Å². The average Bonchev–Trinajstić information content (AvgIpc) is 3.10. The Hall–Kier alpha value is -1.52. The van der Waals surface area contributed by atoms with Gasteiger partial charge in [0.05, 0.1) is 5.69 Å². The van der Waals surface area contributed by atoms with Gasteiger partial charge in [0, 0.05) is 31.5 Å². The third-order valence-electron chi connectivity index (χ3n) is 4.75. The Bertz CT molecular complexity index is 457. The first-order valence-electron chi connectivity index (χ1n) is 7.72. The van der Waals surface area contributed by atoms with Crippen molar-refractivity contribution in [3.05, 3.63) is 11.8 Å². The van der Waals surface area contributed by atoms with Crippen LogP contribution in [-0.4, -0.2) is 29.1 Å². The molecule has 1 aromatic heterocycles. The van der Waals surface area contributed by atoms with E-state index in [4.69, 9.17) is 10.3 Å². The van der Waals surface area contributed by atoms with Gasteiger partial charge in [0.25, 0.3) is 0 Å². The molecular formula is C15H23N3O2. The van der Waals surface area contributed by atoms with Gasteiger partial charge in [-0.1, -0.05) is 18.0 Å². The number of nitrogen functional groups attached to an aromatic ring is 1. The van der Waals surface area contributed by atoms with Crippen molar-refractivity contribution < 1.29 is 9.32 Å². The number of aromatic nitrogens is 1. The molecule has 20 heavy (non-hydrogen) atoms. The zero-order valence-corrected chi connectivity index (χ0v) is 11.9. The van der Waals surface area contributed by atoms with Gasteiger partial charge >= 0.3 is 0 Å². The lowest BCUT2D eigenvalue weighted by Gasteiger charge is -2.31. The number of rotatable bonds is 3. The first-order chi connectivity index (χ1) is 9.72. The van der Waals surface area contributed by atoms with Crippen LogP contribution >= 0.6 is 0 Å². The third kappa shape index (κ3) is 2.97. The Kier molecular flexibility index (Phi) is 3.94. The minimum Gasteiger partial charge on any atom is -0.368 e. The van der Waals surface area contributed by atoms with E-state index in [0.29, 0.717) is 23.6 Å². The monoisotopic (exact) mass is 277 g/mol. The molecular weight excluding hydrogens is 254 g/mol. The Morgan fingerprint density at radius 3 is 2.60 bits per heavy atom. The number of nitrogens with two attached hydrogens (primary N) is 1. The molecule has 0 radical (unpaired) electrons. The molecule has 1 aromatic rings. The normalized spacial score (nSPS) is 21.5. The lowest BCUT2D eigenvalue weighted by Crippen LogP contribution is -2.38. The van der Waals surface area contributed by atoms with Gasteiger partial charge in [-0.15, -0.1) is 0 Å². The van der Waals surface area contributed by atoms with E-state index in [2.05, 4.69) is 5.16 Å². The molecule has 2 aliphatic rings. The van der Waals surface area contributed by atoms with Crippen molar-refractivity contribution in [2.45, 2.75) is 50.9 Å². The van der Waals surface area contributed by atoms with Gasteiger partial charge < -0.3 is 15.2 Å². The summed E-state index contributed by atoms with van der Waals surface area (Å²) in [6.45, 7) is 1.67. The van der Waals surface area contributed by atoms with Crippen molar-refractivity contribution in [3.8, 4) is 0 Å². The average molecular weight is 277 g/mol. The van der Waals surface area contributed by atoms with Crippen molar-refractivity contribution in [2.75, 3.05) is 18.8 Å². The Balaban J connectivity index is 1.49. The van der Waals surface area contributed by atoms with Crippen LogP contribution in [0.3, 0.4) is 0 Å². The van der Waals surface area contributed by atoms with Crippen LogP contribution < -0.4 is 5.73 Å². The van der Waals surface area contributed by atoms with Crippen LogP contribution in [0.5, 0.6) is 0 Å². The highest BCUT2D eigenvalue weighted by Crippen LogP contribution is 2.31. The van der Waals surface area contributed by atoms with Crippen LogP contribution in [0.2, 0.25) is 0 Å². The zero-order valence-electron chi connectivity index (χ0n) is 11.9. The Morgan fingerprint density at radius 2 is 2.00 bits per heavy atom. The van der Waals surface area contributed by atoms with Crippen LogP contribution in [0.1, 0.15) is 56.6 Å². The molecule has 1 aliphatic heterocycles. The second-order valence-electron chi connectivity index (χ2n) is 6.16. The highest BCUT2D eigenvalue weighted by Gasteiger charge is 2.27. The second-order valence-corrected chi connectivity index (χ2v) is 6.16. The fourth-order valence-electron chi connectivity index (χ4n) is 3.51. The molecule has 1 saturated heterocycles. The van der Waals surface area contributed by atoms with Crippen molar-refractivity contribution in [1.82, 2.24) is 10.1 Å². The maximum atomic E-state index is 12.3. The fourth-order valence-corrected chi connectivity index (χ4v) is 3.51. The molecule has 2 heterocycles. The van der Waals surface area contributed by atoms with E-state index >= 15 is 0 Å². The lowest BCUT2D eigenvalue weighted by atomic mass is 9.93. The van der Waals surface area contributed by atoms with E-state index in [1.54, 1.807) is 6.07 Å². The van der Waals surface area contributed by atoms with Crippen LogP contribution in [0.25, 0.3) is 0 Å². The maximum Gasteiger partial charge on any atom is 0.222 e. The largest absolute Gasteiger partial charge is 0.368 e. The van der Waals surface area contributed by atoms with E-state index in [-0.39, 0.29) is 0 Å². The zero-order chi connectivity index (χ0) is 13.9. The first kappa shape index (κ1) is 13.5. The van der Waals surface area contributed by atoms with Gasteiger partial charge in [-0.2, -0.15) is 0 Å². The van der Waals surface area contributed by atoms with Crippen LogP contribution in [0.4, 0.5) is 5.88 Å². The second kappa shape index (κ2) is 5.85. The smallest absolute Gasteiger partial charge is 0.222 e. The molecule has 1 saturated carbocycles. The van der Waals surface area contributed by atoms with Crippen LogP contribution in [0.15, 0.2) is 10.6 Å². The standard InChI is InChI=1S/C15H23N3O2/c16-14-10-13(17-20-14)12-5-7-18(8-6-12)15(19)9-11-3-1-2-4-11/h10-12H,1-9,16H2. The number of hydrogen-bond donors (Lipinski definition) is 1. The molecule has 110 valence electrons. The number of amides is 1. The molecule has 0 unspecified atom stereocenters. The summed E-state index contributed by atoms with van der Waals surface area (Å²) in [5.74, 6) is 1.73. The number of carbonyl (C=O) groups is 1. The van der Waals surface area contributed by atoms with E-state index in [1.165, 1.54) is 25.7 Å². The summed E-state index contributed by atoms with van der Waals surface area (Å²) >= 11 is 0. The number of nitrogens with zero attached hydrogens (tertiary/aromatic N) is 2. The van der Waals surface area contributed by atoms with E-state index < -0.39 is 0 Å². The summed E-state index contributed by atoms with van der Waals surface area (Å²) in [5.41, 5.74) is 6.49. The highest BCUT2D eigenvalue weighted by molar-refractivity contribution is 5.76. The highest BCUT2D eigenvalue weighted by atomic mass is 16.5. The summed E-state index contributed by atoms with van der Waals surface area (Å²) < 4.78 is 4.93. The SMILES string of the molecule is Nc1cc(C2CCN(C(=O)CC3CCCC3)CC2)no1. The number of piperidine rings is 1. The Labute approximate surface area is 119 Å². The van der Waals surface area contributed by atoms with Gasteiger partial charge in [0.15, 0.2) is 0 Å². The molecule has 3 rings (SSSR count). The van der Waals surface area contributed by atoms with Crippen LogP contribution in [-0.2, 0) is 4.79 Å². The first-order valence-corrected chi connectivity index (χ1v) is 7.72. The summed E-state index contributed by atoms with van der Waals surface area (Å²) in [5, 5.41) is 3.99. The Morgan fingerprint density at radius 1 is 1.30 bits per heavy atom. The number of anilines is 1. The van der Waals surface area contributed by atoms with E-state index in [9.17, 15) is 4.79 Å². The molecule has 2 N–H and O–H groups in total. The summed E-state index contributed by atoms with van der Waals surface area (Å²) in [4.78, 5) is 14.3. The quantitative estimate of drug-likeness (QED) is 0.921. The summed E-state index contributed by atoms with van der Waals surface area (Å²) in [6, 6.07) is 1.81. The predicted octanol–water partition coefficient (Wildman–Crippen LogP) is 2.54. The molecule has 0 aromatic carbocycles. The summed E-state index contributed by atoms with van der Waals surface area (Å²) in [6.07, 6.45) is 7.74. The van der Waals surface area contributed by atoms with Gasteiger partial charge in [-0.05, 0) is 31.6 Å². The third-order valence-corrected chi connectivity index (χ3v) is 4.75. The fraction of sp³-hybridized carbons (Fsp3) is 0.733. The molecule has 1 aliphatic carbocycles. The number of carbonyl (C=O) groups excluding carboxylic acids is 1. The van der Waals surface area contributed by atoms with Crippen molar-refractivity contribution in [1.29, 1.82) is 0 Å². The van der Waals surface area contributed by atoms with Gasteiger partial charge in [-0.3, -0.25) is 4.79 Å². The molecule has 0 atom stereocenters. The molecule has 5 nitrogen and oxygen atoms in total. The minimum atomic E-state index is 0.343. The van der Waals surface area contributed by atoms with Gasteiger partial charge in [0.2, 0.25) is 11.8 Å². The van der Waals surface area contributed by atoms with E-state index in [0.717, 1.165) is 38.0 Å². The van der Waals surface area contributed by atoms with Crippen molar-refractivity contribution in [2.24, 2.45) is 5.92 Å². The van der Waals surface area contributed by atoms with E-state index in [1.807, 2.05) is 4.90 Å². The maximum absolute atomic E-state index is 12.3.